The van der Waals surface area contributed by atoms with Crippen molar-refractivity contribution in [3.05, 3.63) is 53.3 Å². The summed E-state index contributed by atoms with van der Waals surface area (Å²) in [6.07, 6.45) is 1.88. The van der Waals surface area contributed by atoms with Gasteiger partial charge < -0.3 is 11.1 Å². The Morgan fingerprint density at radius 2 is 2.00 bits per heavy atom. The van der Waals surface area contributed by atoms with Gasteiger partial charge in [-0.25, -0.2) is 0 Å². The van der Waals surface area contributed by atoms with Gasteiger partial charge in [0, 0.05) is 18.4 Å². The van der Waals surface area contributed by atoms with Crippen LogP contribution in [0.5, 0.6) is 0 Å². The fourth-order valence-corrected chi connectivity index (χ4v) is 1.64. The molecule has 2 rings (SSSR count). The van der Waals surface area contributed by atoms with Crippen LogP contribution >= 0.6 is 0 Å². The summed E-state index contributed by atoms with van der Waals surface area (Å²) in [4.78, 5) is 4.26. The molecule has 1 aromatic carbocycles. The van der Waals surface area contributed by atoms with E-state index in [1.54, 1.807) is 0 Å². The SMILES string of the molecule is Cc1ccc(CNc2cccc(C)c2N)cn1. The van der Waals surface area contributed by atoms with Crippen LogP contribution < -0.4 is 11.1 Å². The first-order valence-electron chi connectivity index (χ1n) is 5.67. The van der Waals surface area contributed by atoms with Crippen molar-refractivity contribution < 1.29 is 0 Å². The summed E-state index contributed by atoms with van der Waals surface area (Å²) in [5, 5.41) is 3.32. The van der Waals surface area contributed by atoms with Gasteiger partial charge in [0.1, 0.15) is 0 Å². The van der Waals surface area contributed by atoms with Gasteiger partial charge >= 0.3 is 0 Å². The number of rotatable bonds is 3. The van der Waals surface area contributed by atoms with Crippen LogP contribution in [0.4, 0.5) is 11.4 Å². The minimum atomic E-state index is 0.737. The molecule has 0 radical (unpaired) electrons. The Hall–Kier alpha value is -2.03. The highest BCUT2D eigenvalue weighted by Crippen LogP contribution is 2.22. The zero-order chi connectivity index (χ0) is 12.3. The number of pyridine rings is 1. The molecule has 3 heteroatoms. The van der Waals surface area contributed by atoms with Crippen molar-refractivity contribution in [1.82, 2.24) is 4.98 Å². The first-order valence-corrected chi connectivity index (χ1v) is 5.67. The quantitative estimate of drug-likeness (QED) is 0.793. The Morgan fingerprint density at radius 3 is 2.71 bits per heavy atom. The van der Waals surface area contributed by atoms with E-state index in [-0.39, 0.29) is 0 Å². The van der Waals surface area contributed by atoms with Gasteiger partial charge in [-0.15, -0.1) is 0 Å². The first kappa shape index (κ1) is 11.5. The number of aromatic nitrogens is 1. The monoisotopic (exact) mass is 227 g/mol. The lowest BCUT2D eigenvalue weighted by molar-refractivity contribution is 1.09. The smallest absolute Gasteiger partial charge is 0.0579 e. The standard InChI is InChI=1S/C14H17N3/c1-10-4-3-5-13(14(10)15)17-9-12-7-6-11(2)16-8-12/h3-8,17H,9,15H2,1-2H3. The molecule has 0 saturated heterocycles. The number of benzene rings is 1. The molecule has 0 fully saturated rings. The molecule has 0 aliphatic carbocycles. The molecule has 1 aromatic heterocycles. The maximum Gasteiger partial charge on any atom is 0.0579 e. The van der Waals surface area contributed by atoms with Crippen molar-refractivity contribution in [2.75, 3.05) is 11.1 Å². The summed E-state index contributed by atoms with van der Waals surface area (Å²) >= 11 is 0. The summed E-state index contributed by atoms with van der Waals surface area (Å²) in [5.41, 5.74) is 11.1. The molecule has 1 heterocycles. The van der Waals surface area contributed by atoms with Crippen molar-refractivity contribution >= 4 is 11.4 Å². The number of nitrogens with one attached hydrogen (secondary N) is 1. The van der Waals surface area contributed by atoms with Crippen LogP contribution in [0.15, 0.2) is 36.5 Å². The molecule has 88 valence electrons. The van der Waals surface area contributed by atoms with Crippen molar-refractivity contribution in [3.8, 4) is 0 Å². The van der Waals surface area contributed by atoms with Crippen molar-refractivity contribution in [2.24, 2.45) is 0 Å². The average molecular weight is 227 g/mol. The van der Waals surface area contributed by atoms with Crippen molar-refractivity contribution in [1.29, 1.82) is 0 Å². The third-order valence-corrected chi connectivity index (χ3v) is 2.78. The maximum absolute atomic E-state index is 5.99. The maximum atomic E-state index is 5.99. The fraction of sp³-hybridized carbons (Fsp3) is 0.214. The topological polar surface area (TPSA) is 50.9 Å². The van der Waals surface area contributed by atoms with Crippen molar-refractivity contribution in [2.45, 2.75) is 20.4 Å². The van der Waals surface area contributed by atoms with Gasteiger partial charge in [-0.2, -0.15) is 0 Å². The van der Waals surface area contributed by atoms with E-state index in [4.69, 9.17) is 5.73 Å². The zero-order valence-electron chi connectivity index (χ0n) is 10.2. The highest BCUT2D eigenvalue weighted by Gasteiger charge is 2.01. The van der Waals surface area contributed by atoms with E-state index < -0.39 is 0 Å². The van der Waals surface area contributed by atoms with Crippen LogP contribution in [0.1, 0.15) is 16.8 Å². The van der Waals surface area contributed by atoms with Crippen LogP contribution in [0, 0.1) is 13.8 Å². The molecule has 17 heavy (non-hydrogen) atoms. The lowest BCUT2D eigenvalue weighted by atomic mass is 10.1. The number of nitrogen functional groups attached to an aromatic ring is 1. The molecule has 0 aliphatic heterocycles. The molecule has 0 bridgehead atoms. The van der Waals surface area contributed by atoms with E-state index in [2.05, 4.69) is 16.4 Å². The Labute approximate surface area is 102 Å². The predicted octanol–water partition coefficient (Wildman–Crippen LogP) is 2.89. The number of aryl methyl sites for hydroxylation is 2. The van der Waals surface area contributed by atoms with Crippen LogP contribution in [0.2, 0.25) is 0 Å². The van der Waals surface area contributed by atoms with E-state index in [0.29, 0.717) is 0 Å². The van der Waals surface area contributed by atoms with Gasteiger partial charge in [0.25, 0.3) is 0 Å². The lowest BCUT2D eigenvalue weighted by Gasteiger charge is -2.11. The lowest BCUT2D eigenvalue weighted by Crippen LogP contribution is -2.03. The second-order valence-electron chi connectivity index (χ2n) is 4.20. The molecule has 3 N–H and O–H groups in total. The Balaban J connectivity index is 2.07. The van der Waals surface area contributed by atoms with Gasteiger partial charge in [0.05, 0.1) is 11.4 Å². The van der Waals surface area contributed by atoms with Gasteiger partial charge in [0.15, 0.2) is 0 Å². The third kappa shape index (κ3) is 2.75. The molecular weight excluding hydrogens is 210 g/mol. The van der Waals surface area contributed by atoms with E-state index in [0.717, 1.165) is 34.7 Å². The summed E-state index contributed by atoms with van der Waals surface area (Å²) in [6, 6.07) is 10.1. The Morgan fingerprint density at radius 1 is 1.18 bits per heavy atom. The number of nitrogens with zero attached hydrogens (tertiary/aromatic N) is 1. The van der Waals surface area contributed by atoms with Crippen LogP contribution in [-0.2, 0) is 6.54 Å². The van der Waals surface area contributed by atoms with Gasteiger partial charge in [-0.1, -0.05) is 18.2 Å². The second kappa shape index (κ2) is 4.87. The Bertz CT molecular complexity index is 503. The molecule has 0 atom stereocenters. The van der Waals surface area contributed by atoms with E-state index >= 15 is 0 Å². The molecule has 0 unspecified atom stereocenters. The van der Waals surface area contributed by atoms with Gasteiger partial charge in [0.2, 0.25) is 0 Å². The number of hydrogen-bond donors (Lipinski definition) is 2. The fourth-order valence-electron chi connectivity index (χ4n) is 1.64. The molecule has 2 aromatic rings. The molecule has 3 nitrogen and oxygen atoms in total. The first-order chi connectivity index (χ1) is 8.16. The molecular formula is C14H17N3. The highest BCUT2D eigenvalue weighted by atomic mass is 14.9. The second-order valence-corrected chi connectivity index (χ2v) is 4.20. The van der Waals surface area contributed by atoms with Crippen molar-refractivity contribution in [3.63, 3.8) is 0 Å². The summed E-state index contributed by atoms with van der Waals surface area (Å²) in [5.74, 6) is 0. The van der Waals surface area contributed by atoms with Gasteiger partial charge in [-0.05, 0) is 37.1 Å². The molecule has 0 saturated carbocycles. The minimum absolute atomic E-state index is 0.737. The van der Waals surface area contributed by atoms with E-state index in [1.807, 2.05) is 44.3 Å². The molecule has 0 spiro atoms. The van der Waals surface area contributed by atoms with Crippen LogP contribution in [0.3, 0.4) is 0 Å². The number of nitrogens with two attached hydrogens (primary N) is 1. The minimum Gasteiger partial charge on any atom is -0.397 e. The number of para-hydroxylation sites is 1. The van der Waals surface area contributed by atoms with Crippen LogP contribution in [0.25, 0.3) is 0 Å². The summed E-state index contributed by atoms with van der Waals surface area (Å²) < 4.78 is 0. The summed E-state index contributed by atoms with van der Waals surface area (Å²) in [7, 11) is 0. The number of anilines is 2. The zero-order valence-corrected chi connectivity index (χ0v) is 10.2. The van der Waals surface area contributed by atoms with Gasteiger partial charge in [-0.3, -0.25) is 4.98 Å². The summed E-state index contributed by atoms with van der Waals surface area (Å²) in [6.45, 7) is 4.73. The normalized spacial score (nSPS) is 10.2. The molecule has 0 amide bonds. The van der Waals surface area contributed by atoms with E-state index in [9.17, 15) is 0 Å². The van der Waals surface area contributed by atoms with Crippen LogP contribution in [-0.4, -0.2) is 4.98 Å². The predicted molar refractivity (Wildman–Crippen MR) is 71.9 cm³/mol. The highest BCUT2D eigenvalue weighted by molar-refractivity contribution is 5.69. The Kier molecular flexibility index (Phi) is 3.28. The van der Waals surface area contributed by atoms with E-state index in [1.165, 1.54) is 0 Å². The average Bonchev–Trinajstić information content (AvgIpc) is 2.33. The third-order valence-electron chi connectivity index (χ3n) is 2.78. The number of hydrogen-bond acceptors (Lipinski definition) is 3. The largest absolute Gasteiger partial charge is 0.397 e. The molecule has 0 aliphatic rings.